The molecule has 0 aliphatic rings. The van der Waals surface area contributed by atoms with Crippen molar-refractivity contribution in [2.24, 2.45) is 5.73 Å². The van der Waals surface area contributed by atoms with Crippen LogP contribution in [0.4, 0.5) is 0 Å². The van der Waals surface area contributed by atoms with Crippen molar-refractivity contribution in [3.63, 3.8) is 0 Å². The molecule has 0 bridgehead atoms. The average molecular weight is 230 g/mol. The minimum Gasteiger partial charge on any atom is -0.462 e. The molecule has 84 valence electrons. The zero-order chi connectivity index (χ0) is 10.6. The Labute approximate surface area is 96.0 Å². The third-order valence-electron chi connectivity index (χ3n) is 1.76. The molecule has 3 nitrogen and oxygen atoms in total. The van der Waals surface area contributed by atoms with Crippen molar-refractivity contribution in [2.75, 3.05) is 0 Å². The Balaban J connectivity index is 0.00000196. The summed E-state index contributed by atoms with van der Waals surface area (Å²) in [7, 11) is 0. The SMILES string of the molecule is CC(C)OC(=O)[C@H](N)c1ccccc1.Cl. The highest BCUT2D eigenvalue weighted by atomic mass is 35.5. The van der Waals surface area contributed by atoms with E-state index in [0.29, 0.717) is 0 Å². The molecule has 0 saturated carbocycles. The predicted molar refractivity (Wildman–Crippen MR) is 61.8 cm³/mol. The second-order valence-corrected chi connectivity index (χ2v) is 3.37. The molecule has 0 fully saturated rings. The fourth-order valence-corrected chi connectivity index (χ4v) is 1.10. The Hall–Kier alpha value is -1.06. The number of hydrogen-bond acceptors (Lipinski definition) is 3. The molecule has 0 unspecified atom stereocenters. The Kier molecular flexibility index (Phi) is 5.97. The normalized spacial score (nSPS) is 11.7. The molecular weight excluding hydrogens is 214 g/mol. The summed E-state index contributed by atoms with van der Waals surface area (Å²) in [5.74, 6) is -0.383. The lowest BCUT2D eigenvalue weighted by molar-refractivity contribution is -0.149. The average Bonchev–Trinajstić information content (AvgIpc) is 2.17. The second kappa shape index (κ2) is 6.43. The summed E-state index contributed by atoms with van der Waals surface area (Å²) in [5, 5.41) is 0. The summed E-state index contributed by atoms with van der Waals surface area (Å²) in [6, 6.07) is 8.51. The van der Waals surface area contributed by atoms with Crippen molar-refractivity contribution >= 4 is 18.4 Å². The number of rotatable bonds is 3. The van der Waals surface area contributed by atoms with Crippen molar-refractivity contribution < 1.29 is 9.53 Å². The molecule has 1 aromatic rings. The fraction of sp³-hybridized carbons (Fsp3) is 0.364. The smallest absolute Gasteiger partial charge is 0.327 e. The van der Waals surface area contributed by atoms with Gasteiger partial charge >= 0.3 is 5.97 Å². The van der Waals surface area contributed by atoms with Crippen LogP contribution >= 0.6 is 12.4 Å². The van der Waals surface area contributed by atoms with E-state index in [-0.39, 0.29) is 24.5 Å². The van der Waals surface area contributed by atoms with Gasteiger partial charge < -0.3 is 10.5 Å². The van der Waals surface area contributed by atoms with Gasteiger partial charge in [0.05, 0.1) is 6.10 Å². The van der Waals surface area contributed by atoms with Crippen molar-refractivity contribution in [3.05, 3.63) is 35.9 Å². The summed E-state index contributed by atoms with van der Waals surface area (Å²) < 4.78 is 5.00. The van der Waals surface area contributed by atoms with E-state index < -0.39 is 6.04 Å². The summed E-state index contributed by atoms with van der Waals surface area (Å²) in [6.45, 7) is 3.60. The van der Waals surface area contributed by atoms with Crippen LogP contribution < -0.4 is 5.73 Å². The third kappa shape index (κ3) is 4.32. The maximum atomic E-state index is 11.4. The molecular formula is C11H16ClNO2. The van der Waals surface area contributed by atoms with Gasteiger partial charge in [0.1, 0.15) is 6.04 Å². The molecule has 15 heavy (non-hydrogen) atoms. The number of carbonyl (C=O) groups is 1. The van der Waals surface area contributed by atoms with Crippen LogP contribution in [0.15, 0.2) is 30.3 Å². The first-order chi connectivity index (χ1) is 6.61. The number of nitrogens with two attached hydrogens (primary N) is 1. The number of carbonyl (C=O) groups excluding carboxylic acids is 1. The van der Waals surface area contributed by atoms with Gasteiger partial charge in [0.2, 0.25) is 0 Å². The lowest BCUT2D eigenvalue weighted by atomic mass is 10.1. The van der Waals surface area contributed by atoms with E-state index in [2.05, 4.69) is 0 Å². The van der Waals surface area contributed by atoms with Crippen LogP contribution in [0.1, 0.15) is 25.5 Å². The Morgan fingerprint density at radius 2 is 1.80 bits per heavy atom. The predicted octanol–water partition coefficient (Wildman–Crippen LogP) is 2.06. The molecule has 0 aliphatic heterocycles. The van der Waals surface area contributed by atoms with Crippen molar-refractivity contribution in [2.45, 2.75) is 26.0 Å². The lowest BCUT2D eigenvalue weighted by Gasteiger charge is -2.13. The molecule has 4 heteroatoms. The molecule has 0 aromatic heterocycles. The topological polar surface area (TPSA) is 52.3 Å². The van der Waals surface area contributed by atoms with Crippen LogP contribution in [0.5, 0.6) is 0 Å². The van der Waals surface area contributed by atoms with Gasteiger partial charge in [-0.15, -0.1) is 12.4 Å². The van der Waals surface area contributed by atoms with Crippen LogP contribution in [0.3, 0.4) is 0 Å². The highest BCUT2D eigenvalue weighted by Crippen LogP contribution is 2.11. The zero-order valence-electron chi connectivity index (χ0n) is 8.84. The number of ether oxygens (including phenoxy) is 1. The second-order valence-electron chi connectivity index (χ2n) is 3.37. The minimum absolute atomic E-state index is 0. The number of benzene rings is 1. The highest BCUT2D eigenvalue weighted by Gasteiger charge is 2.17. The van der Waals surface area contributed by atoms with Crippen molar-refractivity contribution in [1.82, 2.24) is 0 Å². The van der Waals surface area contributed by atoms with Crippen LogP contribution in [-0.4, -0.2) is 12.1 Å². The first-order valence-corrected chi connectivity index (χ1v) is 4.62. The minimum atomic E-state index is -0.682. The molecule has 0 radical (unpaired) electrons. The molecule has 1 aromatic carbocycles. The van der Waals surface area contributed by atoms with E-state index in [9.17, 15) is 4.79 Å². The lowest BCUT2D eigenvalue weighted by Crippen LogP contribution is -2.25. The van der Waals surface area contributed by atoms with E-state index in [4.69, 9.17) is 10.5 Å². The monoisotopic (exact) mass is 229 g/mol. The summed E-state index contributed by atoms with van der Waals surface area (Å²) >= 11 is 0. The summed E-state index contributed by atoms with van der Waals surface area (Å²) in [5.41, 5.74) is 6.49. The van der Waals surface area contributed by atoms with Gasteiger partial charge in [0, 0.05) is 0 Å². The van der Waals surface area contributed by atoms with E-state index in [1.54, 1.807) is 13.8 Å². The quantitative estimate of drug-likeness (QED) is 0.808. The third-order valence-corrected chi connectivity index (χ3v) is 1.76. The van der Waals surface area contributed by atoms with E-state index in [0.717, 1.165) is 5.56 Å². The molecule has 0 amide bonds. The molecule has 0 heterocycles. The molecule has 1 atom stereocenters. The van der Waals surface area contributed by atoms with Crippen LogP contribution in [0.25, 0.3) is 0 Å². The van der Waals surface area contributed by atoms with E-state index in [1.165, 1.54) is 0 Å². The number of esters is 1. The van der Waals surface area contributed by atoms with Gasteiger partial charge in [-0.1, -0.05) is 30.3 Å². The maximum absolute atomic E-state index is 11.4. The first-order valence-electron chi connectivity index (χ1n) is 4.62. The van der Waals surface area contributed by atoms with E-state index >= 15 is 0 Å². The first kappa shape index (κ1) is 13.9. The highest BCUT2D eigenvalue weighted by molar-refractivity contribution is 5.85. The fourth-order valence-electron chi connectivity index (χ4n) is 1.10. The van der Waals surface area contributed by atoms with Gasteiger partial charge in [-0.05, 0) is 19.4 Å². The van der Waals surface area contributed by atoms with Gasteiger partial charge in [0.15, 0.2) is 0 Å². The number of hydrogen-bond donors (Lipinski definition) is 1. The molecule has 0 spiro atoms. The summed E-state index contributed by atoms with van der Waals surface area (Å²) in [6.07, 6.45) is -0.128. The van der Waals surface area contributed by atoms with E-state index in [1.807, 2.05) is 30.3 Å². The van der Waals surface area contributed by atoms with Crippen LogP contribution in [0.2, 0.25) is 0 Å². The largest absolute Gasteiger partial charge is 0.462 e. The van der Waals surface area contributed by atoms with Gasteiger partial charge in [-0.25, -0.2) is 4.79 Å². The zero-order valence-corrected chi connectivity index (χ0v) is 9.66. The molecule has 0 aliphatic carbocycles. The summed E-state index contributed by atoms with van der Waals surface area (Å²) in [4.78, 5) is 11.4. The Morgan fingerprint density at radius 1 is 1.27 bits per heavy atom. The van der Waals surface area contributed by atoms with Crippen LogP contribution in [-0.2, 0) is 9.53 Å². The van der Waals surface area contributed by atoms with Gasteiger partial charge in [-0.2, -0.15) is 0 Å². The maximum Gasteiger partial charge on any atom is 0.327 e. The molecule has 0 saturated heterocycles. The Bertz CT molecular complexity index is 301. The Morgan fingerprint density at radius 3 is 2.27 bits per heavy atom. The van der Waals surface area contributed by atoms with Crippen molar-refractivity contribution in [3.8, 4) is 0 Å². The van der Waals surface area contributed by atoms with Crippen LogP contribution in [0, 0.1) is 0 Å². The number of halogens is 1. The standard InChI is InChI=1S/C11H15NO2.ClH/c1-8(2)14-11(13)10(12)9-6-4-3-5-7-9;/h3-8,10H,12H2,1-2H3;1H/t10-;/m1./s1. The molecule has 2 N–H and O–H groups in total. The van der Waals surface area contributed by atoms with Crippen molar-refractivity contribution in [1.29, 1.82) is 0 Å². The molecule has 1 rings (SSSR count). The van der Waals surface area contributed by atoms with Gasteiger partial charge in [-0.3, -0.25) is 0 Å². The van der Waals surface area contributed by atoms with Gasteiger partial charge in [0.25, 0.3) is 0 Å².